The van der Waals surface area contributed by atoms with E-state index >= 15 is 0 Å². The van der Waals surface area contributed by atoms with Crippen LogP contribution in [0.1, 0.15) is 18.4 Å². The largest absolute Gasteiger partial charge is 0.324 e. The summed E-state index contributed by atoms with van der Waals surface area (Å²) in [5, 5.41) is 6.97. The third-order valence-corrected chi connectivity index (χ3v) is 4.85. The van der Waals surface area contributed by atoms with Crippen LogP contribution in [0.4, 0.5) is 5.69 Å². The molecule has 114 valence electrons. The number of piperidine rings is 1. The number of anilines is 1. The van der Waals surface area contributed by atoms with Gasteiger partial charge in [0.2, 0.25) is 5.91 Å². The first-order chi connectivity index (χ1) is 10.1. The maximum absolute atomic E-state index is 12.3. The van der Waals surface area contributed by atoms with Gasteiger partial charge >= 0.3 is 0 Å². The van der Waals surface area contributed by atoms with E-state index in [9.17, 15) is 4.79 Å². The van der Waals surface area contributed by atoms with Crippen molar-refractivity contribution in [2.45, 2.75) is 25.8 Å². The van der Waals surface area contributed by atoms with Gasteiger partial charge < -0.3 is 10.6 Å². The average Bonchev–Trinajstić information content (AvgIpc) is 2.91. The summed E-state index contributed by atoms with van der Waals surface area (Å²) in [4.78, 5) is 14.6. The summed E-state index contributed by atoms with van der Waals surface area (Å²) >= 11 is 6.17. The molecule has 4 nitrogen and oxygen atoms in total. The number of nitrogens with one attached hydrogen (secondary N) is 2. The molecule has 1 aromatic rings. The molecule has 2 aliphatic heterocycles. The average molecular weight is 308 g/mol. The van der Waals surface area contributed by atoms with Crippen molar-refractivity contribution in [3.8, 4) is 0 Å². The quantitative estimate of drug-likeness (QED) is 0.900. The van der Waals surface area contributed by atoms with Gasteiger partial charge in [-0.15, -0.1) is 0 Å². The highest BCUT2D eigenvalue weighted by molar-refractivity contribution is 6.33. The van der Waals surface area contributed by atoms with Crippen LogP contribution in [-0.4, -0.2) is 43.0 Å². The minimum Gasteiger partial charge on any atom is -0.324 e. The molecule has 1 amide bonds. The Morgan fingerprint density at radius 2 is 2.33 bits per heavy atom. The SMILES string of the molecule is Cc1ccc(NC(=O)CN2CCCC3CNCC32)c(Cl)c1. The monoisotopic (exact) mass is 307 g/mol. The predicted octanol–water partition coefficient (Wildman–Crippen LogP) is 2.27. The number of fused-ring (bicyclic) bond motifs is 1. The van der Waals surface area contributed by atoms with Crippen LogP contribution in [0, 0.1) is 12.8 Å². The van der Waals surface area contributed by atoms with Crippen molar-refractivity contribution < 1.29 is 4.79 Å². The summed E-state index contributed by atoms with van der Waals surface area (Å²) in [7, 11) is 0. The maximum Gasteiger partial charge on any atom is 0.238 e. The molecule has 21 heavy (non-hydrogen) atoms. The van der Waals surface area contributed by atoms with Crippen molar-refractivity contribution in [1.82, 2.24) is 10.2 Å². The smallest absolute Gasteiger partial charge is 0.238 e. The van der Waals surface area contributed by atoms with Gasteiger partial charge in [0, 0.05) is 12.6 Å². The van der Waals surface area contributed by atoms with Gasteiger partial charge in [-0.1, -0.05) is 17.7 Å². The topological polar surface area (TPSA) is 44.4 Å². The maximum atomic E-state index is 12.3. The lowest BCUT2D eigenvalue weighted by Gasteiger charge is -2.36. The highest BCUT2D eigenvalue weighted by Crippen LogP contribution is 2.27. The molecule has 0 aliphatic carbocycles. The zero-order valence-electron chi connectivity index (χ0n) is 12.4. The second-order valence-electron chi connectivity index (χ2n) is 6.13. The van der Waals surface area contributed by atoms with Crippen LogP contribution >= 0.6 is 11.6 Å². The third-order valence-electron chi connectivity index (χ3n) is 4.54. The predicted molar refractivity (Wildman–Crippen MR) is 85.8 cm³/mol. The number of amides is 1. The molecule has 2 aliphatic rings. The third kappa shape index (κ3) is 3.39. The van der Waals surface area contributed by atoms with E-state index in [0.29, 0.717) is 29.2 Å². The fourth-order valence-corrected chi connectivity index (χ4v) is 3.74. The van der Waals surface area contributed by atoms with Crippen LogP contribution in [0.25, 0.3) is 0 Å². The number of likely N-dealkylation sites (tertiary alicyclic amines) is 1. The number of nitrogens with zero attached hydrogens (tertiary/aromatic N) is 1. The molecule has 2 N–H and O–H groups in total. The molecule has 3 rings (SSSR count). The number of hydrogen-bond acceptors (Lipinski definition) is 3. The fourth-order valence-electron chi connectivity index (χ4n) is 3.46. The number of carbonyl (C=O) groups excluding carboxylic acids is 1. The number of hydrogen-bond donors (Lipinski definition) is 2. The van der Waals surface area contributed by atoms with E-state index in [4.69, 9.17) is 11.6 Å². The molecule has 2 heterocycles. The molecular formula is C16H22ClN3O. The first-order valence-corrected chi connectivity index (χ1v) is 8.02. The molecule has 2 unspecified atom stereocenters. The van der Waals surface area contributed by atoms with Crippen LogP contribution < -0.4 is 10.6 Å². The lowest BCUT2D eigenvalue weighted by Crippen LogP contribution is -2.48. The van der Waals surface area contributed by atoms with Gasteiger partial charge in [0.05, 0.1) is 17.3 Å². The summed E-state index contributed by atoms with van der Waals surface area (Å²) in [6, 6.07) is 6.21. The zero-order valence-corrected chi connectivity index (χ0v) is 13.1. The van der Waals surface area contributed by atoms with Crippen molar-refractivity contribution in [3.05, 3.63) is 28.8 Å². The Balaban J connectivity index is 1.61. The van der Waals surface area contributed by atoms with Crippen LogP contribution in [0.2, 0.25) is 5.02 Å². The molecule has 5 heteroatoms. The Morgan fingerprint density at radius 3 is 3.14 bits per heavy atom. The van der Waals surface area contributed by atoms with Gasteiger partial charge in [-0.2, -0.15) is 0 Å². The van der Waals surface area contributed by atoms with E-state index < -0.39 is 0 Å². The first-order valence-electron chi connectivity index (χ1n) is 7.64. The van der Waals surface area contributed by atoms with Crippen molar-refractivity contribution in [2.24, 2.45) is 5.92 Å². The van der Waals surface area contributed by atoms with Crippen molar-refractivity contribution in [2.75, 3.05) is 31.5 Å². The number of aryl methyl sites for hydroxylation is 1. The molecule has 0 spiro atoms. The van der Waals surface area contributed by atoms with Crippen LogP contribution in [0.3, 0.4) is 0 Å². The summed E-state index contributed by atoms with van der Waals surface area (Å²) < 4.78 is 0. The highest BCUT2D eigenvalue weighted by Gasteiger charge is 2.35. The number of benzene rings is 1. The van der Waals surface area contributed by atoms with Gasteiger partial charge in [0.15, 0.2) is 0 Å². The summed E-state index contributed by atoms with van der Waals surface area (Å²) in [5.41, 5.74) is 1.79. The Kier molecular flexibility index (Phi) is 4.48. The van der Waals surface area contributed by atoms with Gasteiger partial charge in [0.25, 0.3) is 0 Å². The van der Waals surface area contributed by atoms with Crippen molar-refractivity contribution >= 4 is 23.2 Å². The second-order valence-corrected chi connectivity index (χ2v) is 6.54. The van der Waals surface area contributed by atoms with Crippen LogP contribution in [0.15, 0.2) is 18.2 Å². The van der Waals surface area contributed by atoms with Crippen LogP contribution in [0.5, 0.6) is 0 Å². The van der Waals surface area contributed by atoms with E-state index in [1.54, 1.807) is 0 Å². The summed E-state index contributed by atoms with van der Waals surface area (Å²) in [5.74, 6) is 0.725. The Hall–Kier alpha value is -1.10. The Labute approximate surface area is 130 Å². The second kappa shape index (κ2) is 6.34. The number of halogens is 1. The van der Waals surface area contributed by atoms with E-state index in [0.717, 1.165) is 25.2 Å². The lowest BCUT2D eigenvalue weighted by molar-refractivity contribution is -0.118. The molecule has 1 aromatic carbocycles. The number of carbonyl (C=O) groups is 1. The molecule has 0 radical (unpaired) electrons. The van der Waals surface area contributed by atoms with Crippen molar-refractivity contribution in [3.63, 3.8) is 0 Å². The van der Waals surface area contributed by atoms with E-state index in [1.807, 2.05) is 25.1 Å². The number of rotatable bonds is 3. The Morgan fingerprint density at radius 1 is 1.48 bits per heavy atom. The highest BCUT2D eigenvalue weighted by atomic mass is 35.5. The minimum absolute atomic E-state index is 0.0216. The first kappa shape index (κ1) is 14.8. The molecule has 0 bridgehead atoms. The fraction of sp³-hybridized carbons (Fsp3) is 0.562. The van der Waals surface area contributed by atoms with E-state index in [-0.39, 0.29) is 5.91 Å². The van der Waals surface area contributed by atoms with Crippen LogP contribution in [-0.2, 0) is 4.79 Å². The van der Waals surface area contributed by atoms with Crippen molar-refractivity contribution in [1.29, 1.82) is 0 Å². The molecular weight excluding hydrogens is 286 g/mol. The molecule has 0 aromatic heterocycles. The van der Waals surface area contributed by atoms with Gasteiger partial charge in [-0.3, -0.25) is 9.69 Å². The lowest BCUT2D eigenvalue weighted by atomic mass is 9.92. The molecule has 2 fully saturated rings. The molecule has 2 atom stereocenters. The van der Waals surface area contributed by atoms with Gasteiger partial charge in [-0.05, 0) is 56.5 Å². The van der Waals surface area contributed by atoms with E-state index in [2.05, 4.69) is 15.5 Å². The zero-order chi connectivity index (χ0) is 14.8. The normalized spacial score (nSPS) is 25.6. The van der Waals surface area contributed by atoms with Gasteiger partial charge in [-0.25, -0.2) is 0 Å². The minimum atomic E-state index is 0.0216. The molecule has 0 saturated carbocycles. The summed E-state index contributed by atoms with van der Waals surface area (Å²) in [6.07, 6.45) is 2.46. The van der Waals surface area contributed by atoms with Gasteiger partial charge in [0.1, 0.15) is 0 Å². The Bertz CT molecular complexity index is 534. The molecule has 2 saturated heterocycles. The standard InChI is InChI=1S/C16H22ClN3O/c1-11-4-5-14(13(17)7-11)19-16(21)10-20-6-2-3-12-8-18-9-15(12)20/h4-5,7,12,15,18H,2-3,6,8-10H2,1H3,(H,19,21). The summed E-state index contributed by atoms with van der Waals surface area (Å²) in [6.45, 7) is 5.54. The van der Waals surface area contributed by atoms with E-state index in [1.165, 1.54) is 12.8 Å².